The van der Waals surface area contributed by atoms with Crippen molar-refractivity contribution < 1.29 is 4.39 Å². The molecule has 3 rings (SSSR count). The minimum Gasteiger partial charge on any atom is -0.396 e. The lowest BCUT2D eigenvalue weighted by Crippen LogP contribution is -2.00. The summed E-state index contributed by atoms with van der Waals surface area (Å²) in [5, 5.41) is 12.1. The van der Waals surface area contributed by atoms with Crippen LogP contribution in [0.15, 0.2) is 42.5 Å². The molecule has 5 nitrogen and oxygen atoms in total. The third-order valence-corrected chi connectivity index (χ3v) is 3.05. The molecular weight excluding hydrogens is 281 g/mol. The molecule has 7 heteroatoms. The van der Waals surface area contributed by atoms with Crippen LogP contribution in [0, 0.1) is 5.82 Å². The van der Waals surface area contributed by atoms with E-state index in [0.717, 1.165) is 5.69 Å². The van der Waals surface area contributed by atoms with Crippen molar-refractivity contribution in [1.82, 2.24) is 20.2 Å². The van der Waals surface area contributed by atoms with Crippen molar-refractivity contribution in [3.05, 3.63) is 53.3 Å². The third-order valence-electron chi connectivity index (χ3n) is 2.80. The molecule has 0 aliphatic heterocycles. The Morgan fingerprint density at radius 1 is 1.10 bits per heavy atom. The summed E-state index contributed by atoms with van der Waals surface area (Å²) >= 11 is 5.84. The van der Waals surface area contributed by atoms with Gasteiger partial charge in [-0.3, -0.25) is 0 Å². The van der Waals surface area contributed by atoms with Gasteiger partial charge >= 0.3 is 0 Å². The summed E-state index contributed by atoms with van der Waals surface area (Å²) in [4.78, 5) is 0. The van der Waals surface area contributed by atoms with Crippen LogP contribution in [0.25, 0.3) is 17.1 Å². The smallest absolute Gasteiger partial charge is 0.187 e. The van der Waals surface area contributed by atoms with E-state index < -0.39 is 5.82 Å². The van der Waals surface area contributed by atoms with Gasteiger partial charge in [0.1, 0.15) is 5.82 Å². The number of aromatic nitrogens is 4. The van der Waals surface area contributed by atoms with Gasteiger partial charge in [-0.1, -0.05) is 11.6 Å². The molecule has 3 aromatic rings. The number of nitrogens with two attached hydrogens (primary N) is 1. The predicted molar refractivity (Wildman–Crippen MR) is 74.0 cm³/mol. The van der Waals surface area contributed by atoms with Crippen molar-refractivity contribution in [1.29, 1.82) is 0 Å². The van der Waals surface area contributed by atoms with Crippen LogP contribution in [0.2, 0.25) is 5.02 Å². The summed E-state index contributed by atoms with van der Waals surface area (Å²) in [5.74, 6) is -0.0839. The summed E-state index contributed by atoms with van der Waals surface area (Å²) in [6.45, 7) is 0. The molecule has 20 heavy (non-hydrogen) atoms. The van der Waals surface area contributed by atoms with Crippen molar-refractivity contribution in [2.75, 3.05) is 5.73 Å². The lowest BCUT2D eigenvalue weighted by atomic mass is 10.2. The lowest BCUT2D eigenvalue weighted by Gasteiger charge is -2.05. The molecule has 2 aromatic carbocycles. The first-order valence-corrected chi connectivity index (χ1v) is 6.12. The zero-order valence-corrected chi connectivity index (χ0v) is 10.9. The van der Waals surface area contributed by atoms with Crippen molar-refractivity contribution in [2.45, 2.75) is 0 Å². The van der Waals surface area contributed by atoms with Crippen LogP contribution in [0.1, 0.15) is 0 Å². The number of anilines is 1. The lowest BCUT2D eigenvalue weighted by molar-refractivity contribution is 0.632. The molecular formula is C13H9ClFN5. The molecule has 0 bridgehead atoms. The van der Waals surface area contributed by atoms with Crippen molar-refractivity contribution in [2.24, 2.45) is 0 Å². The summed E-state index contributed by atoms with van der Waals surface area (Å²) in [6, 6.07) is 11.4. The van der Waals surface area contributed by atoms with Gasteiger partial charge in [-0.2, -0.15) is 4.68 Å². The second-order valence-corrected chi connectivity index (χ2v) is 4.56. The van der Waals surface area contributed by atoms with Gasteiger partial charge in [-0.15, -0.1) is 5.10 Å². The van der Waals surface area contributed by atoms with Gasteiger partial charge in [0.15, 0.2) is 5.82 Å². The highest BCUT2D eigenvalue weighted by molar-refractivity contribution is 6.30. The standard InChI is InChI=1S/C13H9ClFN5/c14-9-2-4-10(5-3-9)20-13(17-18-19-20)8-1-6-12(16)11(15)7-8/h1-7H,16H2. The van der Waals surface area contributed by atoms with Gasteiger partial charge in [0, 0.05) is 10.6 Å². The minimum atomic E-state index is -0.506. The van der Waals surface area contributed by atoms with Gasteiger partial charge in [0.25, 0.3) is 0 Å². The van der Waals surface area contributed by atoms with Crippen LogP contribution in [0.5, 0.6) is 0 Å². The van der Waals surface area contributed by atoms with Crippen LogP contribution >= 0.6 is 11.6 Å². The molecule has 0 aliphatic rings. The van der Waals surface area contributed by atoms with Crippen LogP contribution in [0.4, 0.5) is 10.1 Å². The average Bonchev–Trinajstić information content (AvgIpc) is 2.92. The van der Waals surface area contributed by atoms with Gasteiger partial charge in [-0.05, 0) is 52.9 Å². The number of rotatable bonds is 2. The van der Waals surface area contributed by atoms with E-state index in [4.69, 9.17) is 17.3 Å². The first-order chi connectivity index (χ1) is 9.65. The van der Waals surface area contributed by atoms with E-state index in [0.29, 0.717) is 16.4 Å². The molecule has 0 fully saturated rings. The van der Waals surface area contributed by atoms with Crippen LogP contribution in [-0.2, 0) is 0 Å². The highest BCUT2D eigenvalue weighted by atomic mass is 35.5. The Balaban J connectivity index is 2.10. The number of hydrogen-bond donors (Lipinski definition) is 1. The quantitative estimate of drug-likeness (QED) is 0.736. The van der Waals surface area contributed by atoms with E-state index in [9.17, 15) is 4.39 Å². The number of benzene rings is 2. The van der Waals surface area contributed by atoms with Gasteiger partial charge in [0.2, 0.25) is 0 Å². The monoisotopic (exact) mass is 289 g/mol. The van der Waals surface area contributed by atoms with Crippen LogP contribution in [0.3, 0.4) is 0 Å². The minimum absolute atomic E-state index is 0.0827. The van der Waals surface area contributed by atoms with E-state index in [1.54, 1.807) is 30.3 Å². The van der Waals surface area contributed by atoms with Crippen LogP contribution in [-0.4, -0.2) is 20.2 Å². The fraction of sp³-hybridized carbons (Fsp3) is 0. The Kier molecular flexibility index (Phi) is 3.08. The maximum atomic E-state index is 13.5. The van der Waals surface area contributed by atoms with Gasteiger partial charge in [0.05, 0.1) is 11.4 Å². The normalized spacial score (nSPS) is 10.7. The molecule has 1 heterocycles. The maximum Gasteiger partial charge on any atom is 0.187 e. The Morgan fingerprint density at radius 2 is 1.85 bits per heavy atom. The zero-order valence-electron chi connectivity index (χ0n) is 10.2. The summed E-state index contributed by atoms with van der Waals surface area (Å²) < 4.78 is 15.0. The largest absolute Gasteiger partial charge is 0.396 e. The fourth-order valence-corrected chi connectivity index (χ4v) is 1.92. The van der Waals surface area contributed by atoms with Crippen LogP contribution < -0.4 is 5.73 Å². The Hall–Kier alpha value is -2.47. The molecule has 100 valence electrons. The average molecular weight is 290 g/mol. The molecule has 0 saturated heterocycles. The molecule has 1 aromatic heterocycles. The van der Waals surface area contributed by atoms with Crippen molar-refractivity contribution in [3.8, 4) is 17.1 Å². The summed E-state index contributed by atoms with van der Waals surface area (Å²) in [5.41, 5.74) is 6.81. The van der Waals surface area contributed by atoms with Gasteiger partial charge < -0.3 is 5.73 Å². The fourth-order valence-electron chi connectivity index (χ4n) is 1.79. The third kappa shape index (κ3) is 2.21. The van der Waals surface area contributed by atoms with E-state index in [2.05, 4.69) is 15.5 Å². The number of nitrogen functional groups attached to an aromatic ring is 1. The van der Waals surface area contributed by atoms with E-state index in [1.165, 1.54) is 16.8 Å². The van der Waals surface area contributed by atoms with E-state index >= 15 is 0 Å². The molecule has 0 radical (unpaired) electrons. The first-order valence-electron chi connectivity index (χ1n) is 5.75. The van der Waals surface area contributed by atoms with Crippen molar-refractivity contribution in [3.63, 3.8) is 0 Å². The summed E-state index contributed by atoms with van der Waals surface area (Å²) in [6.07, 6.45) is 0. The van der Waals surface area contributed by atoms with Gasteiger partial charge in [-0.25, -0.2) is 4.39 Å². The molecule has 0 aliphatic carbocycles. The first kappa shape index (κ1) is 12.6. The molecule has 0 saturated carbocycles. The van der Waals surface area contributed by atoms with E-state index in [-0.39, 0.29) is 5.69 Å². The van der Waals surface area contributed by atoms with Crippen molar-refractivity contribution >= 4 is 17.3 Å². The Bertz CT molecular complexity index is 754. The molecule has 0 atom stereocenters. The number of halogens is 2. The maximum absolute atomic E-state index is 13.5. The topological polar surface area (TPSA) is 69.6 Å². The molecule has 2 N–H and O–H groups in total. The Labute approximate surface area is 118 Å². The summed E-state index contributed by atoms with van der Waals surface area (Å²) in [7, 11) is 0. The second-order valence-electron chi connectivity index (χ2n) is 4.13. The molecule has 0 amide bonds. The predicted octanol–water partition coefficient (Wildman–Crippen LogP) is 2.70. The Morgan fingerprint density at radius 3 is 2.55 bits per heavy atom. The number of tetrazole rings is 1. The SMILES string of the molecule is Nc1ccc(-c2nnnn2-c2ccc(Cl)cc2)cc1F. The number of hydrogen-bond acceptors (Lipinski definition) is 4. The second kappa shape index (κ2) is 4.90. The number of nitrogens with zero attached hydrogens (tertiary/aromatic N) is 4. The highest BCUT2D eigenvalue weighted by Gasteiger charge is 2.12. The highest BCUT2D eigenvalue weighted by Crippen LogP contribution is 2.23. The zero-order chi connectivity index (χ0) is 14.1. The molecule has 0 spiro atoms. The van der Waals surface area contributed by atoms with E-state index in [1.807, 2.05) is 0 Å². The molecule has 0 unspecified atom stereocenters.